The van der Waals surface area contributed by atoms with Crippen molar-refractivity contribution in [3.63, 3.8) is 0 Å². The Kier molecular flexibility index (Phi) is 2.19. The summed E-state index contributed by atoms with van der Waals surface area (Å²) in [7, 11) is 0. The predicted molar refractivity (Wildman–Crippen MR) is 47.5 cm³/mol. The van der Waals surface area contributed by atoms with Crippen LogP contribution in [0, 0.1) is 0 Å². The topological polar surface area (TPSA) is 53.8 Å². The van der Waals surface area contributed by atoms with E-state index in [2.05, 4.69) is 24.1 Å². The fourth-order valence-corrected chi connectivity index (χ4v) is 0.824. The van der Waals surface area contributed by atoms with E-state index in [1.54, 1.807) is 0 Å². The molecule has 3 heteroatoms. The molecule has 1 aromatic rings. The van der Waals surface area contributed by atoms with Crippen molar-refractivity contribution in [1.82, 2.24) is 4.98 Å². The van der Waals surface area contributed by atoms with Crippen molar-refractivity contribution in [3.8, 4) is 0 Å². The first-order valence-electron chi connectivity index (χ1n) is 3.76. The highest BCUT2D eigenvalue weighted by Crippen LogP contribution is 2.10. The van der Waals surface area contributed by atoms with Crippen LogP contribution in [-0.2, 0) is 0 Å². The van der Waals surface area contributed by atoms with Crippen LogP contribution in [0.15, 0.2) is 18.3 Å². The molecule has 0 saturated carbocycles. The minimum atomic E-state index is -0.0369. The molecule has 1 rings (SSSR count). The predicted octanol–water partition coefficient (Wildman–Crippen LogP) is 1.16. The quantitative estimate of drug-likeness (QED) is 0.610. The van der Waals surface area contributed by atoms with Crippen LogP contribution in [0.1, 0.15) is 13.8 Å². The third-order valence-electron chi connectivity index (χ3n) is 1.58. The highest BCUT2D eigenvalue weighted by atomic mass is 15.1. The minimum absolute atomic E-state index is 0.0369. The Bertz CT molecular complexity index is 201. The largest absolute Gasteiger partial charge is 0.365 e. The van der Waals surface area contributed by atoms with Gasteiger partial charge in [0.25, 0.3) is 0 Å². The number of H-pyrrole nitrogens is 1. The van der Waals surface area contributed by atoms with Gasteiger partial charge in [-0.1, -0.05) is 0 Å². The second kappa shape index (κ2) is 2.96. The maximum absolute atomic E-state index is 5.55. The average Bonchev–Trinajstić information content (AvgIpc) is 2.39. The summed E-state index contributed by atoms with van der Waals surface area (Å²) in [5.74, 6) is 1.01. The molecule has 3 nitrogen and oxygen atoms in total. The van der Waals surface area contributed by atoms with Crippen molar-refractivity contribution in [2.45, 2.75) is 19.4 Å². The molecule has 0 spiro atoms. The fourth-order valence-electron chi connectivity index (χ4n) is 0.824. The summed E-state index contributed by atoms with van der Waals surface area (Å²) < 4.78 is 0. The van der Waals surface area contributed by atoms with E-state index >= 15 is 0 Å². The number of nitrogens with one attached hydrogen (secondary N) is 2. The number of aromatic nitrogens is 1. The van der Waals surface area contributed by atoms with Gasteiger partial charge in [0.1, 0.15) is 5.82 Å². The Morgan fingerprint density at radius 3 is 2.82 bits per heavy atom. The number of hydrogen-bond donors (Lipinski definition) is 3. The Labute approximate surface area is 67.0 Å². The van der Waals surface area contributed by atoms with E-state index < -0.39 is 0 Å². The number of hydrogen-bond acceptors (Lipinski definition) is 2. The fraction of sp³-hybridized carbons (Fsp3) is 0.500. The van der Waals surface area contributed by atoms with Gasteiger partial charge in [-0.2, -0.15) is 0 Å². The van der Waals surface area contributed by atoms with Crippen LogP contribution < -0.4 is 11.1 Å². The van der Waals surface area contributed by atoms with Crippen molar-refractivity contribution < 1.29 is 0 Å². The Hall–Kier alpha value is -0.960. The molecule has 0 amide bonds. The third-order valence-corrected chi connectivity index (χ3v) is 1.58. The zero-order valence-electron chi connectivity index (χ0n) is 7.02. The van der Waals surface area contributed by atoms with E-state index in [-0.39, 0.29) is 5.54 Å². The van der Waals surface area contributed by atoms with Gasteiger partial charge in [0.15, 0.2) is 0 Å². The van der Waals surface area contributed by atoms with Gasteiger partial charge < -0.3 is 16.0 Å². The number of aromatic amines is 1. The van der Waals surface area contributed by atoms with Crippen LogP contribution in [-0.4, -0.2) is 17.1 Å². The molecule has 0 aliphatic heterocycles. The van der Waals surface area contributed by atoms with E-state index in [1.807, 2.05) is 18.3 Å². The number of nitrogens with two attached hydrogens (primary N) is 1. The summed E-state index contributed by atoms with van der Waals surface area (Å²) in [6.45, 7) is 4.74. The molecule has 0 fully saturated rings. The molecule has 0 radical (unpaired) electrons. The van der Waals surface area contributed by atoms with Gasteiger partial charge in [0.05, 0.1) is 0 Å². The second-order valence-electron chi connectivity index (χ2n) is 3.30. The molecule has 1 aromatic heterocycles. The maximum Gasteiger partial charge on any atom is 0.103 e. The second-order valence-corrected chi connectivity index (χ2v) is 3.30. The first kappa shape index (κ1) is 8.14. The lowest BCUT2D eigenvalue weighted by molar-refractivity contribution is 0.578. The van der Waals surface area contributed by atoms with Crippen LogP contribution in [0.5, 0.6) is 0 Å². The van der Waals surface area contributed by atoms with Crippen LogP contribution in [0.4, 0.5) is 5.82 Å². The summed E-state index contributed by atoms with van der Waals surface area (Å²) in [5, 5.41) is 3.27. The maximum atomic E-state index is 5.55. The van der Waals surface area contributed by atoms with Crippen LogP contribution >= 0.6 is 0 Å². The van der Waals surface area contributed by atoms with Gasteiger partial charge in [0.2, 0.25) is 0 Å². The van der Waals surface area contributed by atoms with Crippen molar-refractivity contribution in [2.75, 3.05) is 11.9 Å². The minimum Gasteiger partial charge on any atom is -0.365 e. The van der Waals surface area contributed by atoms with Gasteiger partial charge in [-0.25, -0.2) is 0 Å². The van der Waals surface area contributed by atoms with Gasteiger partial charge in [-0.15, -0.1) is 0 Å². The average molecular weight is 153 g/mol. The Morgan fingerprint density at radius 1 is 1.64 bits per heavy atom. The molecule has 0 unspecified atom stereocenters. The third kappa shape index (κ3) is 2.27. The van der Waals surface area contributed by atoms with Gasteiger partial charge >= 0.3 is 0 Å². The van der Waals surface area contributed by atoms with Crippen molar-refractivity contribution in [1.29, 1.82) is 0 Å². The molecule has 0 aromatic carbocycles. The van der Waals surface area contributed by atoms with Crippen LogP contribution in [0.2, 0.25) is 0 Å². The number of rotatable bonds is 3. The monoisotopic (exact) mass is 153 g/mol. The molecule has 0 bridgehead atoms. The molecule has 4 N–H and O–H groups in total. The Morgan fingerprint density at radius 2 is 2.36 bits per heavy atom. The summed E-state index contributed by atoms with van der Waals surface area (Å²) >= 11 is 0. The SMILES string of the molecule is CC(C)(CN)Nc1ccc[nH]1. The summed E-state index contributed by atoms with van der Waals surface area (Å²) in [6, 6.07) is 3.94. The van der Waals surface area contributed by atoms with E-state index in [0.29, 0.717) is 6.54 Å². The molecule has 0 atom stereocenters. The van der Waals surface area contributed by atoms with Crippen molar-refractivity contribution in [3.05, 3.63) is 18.3 Å². The molecular weight excluding hydrogens is 138 g/mol. The van der Waals surface area contributed by atoms with E-state index in [0.717, 1.165) is 5.82 Å². The van der Waals surface area contributed by atoms with Crippen molar-refractivity contribution >= 4 is 5.82 Å². The van der Waals surface area contributed by atoms with Crippen LogP contribution in [0.25, 0.3) is 0 Å². The van der Waals surface area contributed by atoms with E-state index in [9.17, 15) is 0 Å². The smallest absolute Gasteiger partial charge is 0.103 e. The lowest BCUT2D eigenvalue weighted by Gasteiger charge is -2.24. The first-order chi connectivity index (χ1) is 5.14. The number of anilines is 1. The molecule has 62 valence electrons. The summed E-state index contributed by atoms with van der Waals surface area (Å²) in [4.78, 5) is 3.06. The summed E-state index contributed by atoms with van der Waals surface area (Å²) in [6.07, 6.45) is 1.88. The summed E-state index contributed by atoms with van der Waals surface area (Å²) in [5.41, 5.74) is 5.51. The molecule has 11 heavy (non-hydrogen) atoms. The van der Waals surface area contributed by atoms with E-state index in [1.165, 1.54) is 0 Å². The van der Waals surface area contributed by atoms with Gasteiger partial charge in [-0.3, -0.25) is 0 Å². The molecule has 0 aliphatic carbocycles. The lowest BCUT2D eigenvalue weighted by atomic mass is 10.1. The normalized spacial score (nSPS) is 11.5. The van der Waals surface area contributed by atoms with Gasteiger partial charge in [-0.05, 0) is 26.0 Å². The van der Waals surface area contributed by atoms with Gasteiger partial charge in [0, 0.05) is 18.3 Å². The first-order valence-corrected chi connectivity index (χ1v) is 3.76. The van der Waals surface area contributed by atoms with E-state index in [4.69, 9.17) is 5.73 Å². The Balaban J connectivity index is 2.56. The van der Waals surface area contributed by atoms with Crippen LogP contribution in [0.3, 0.4) is 0 Å². The molecule has 1 heterocycles. The highest BCUT2D eigenvalue weighted by molar-refractivity contribution is 5.37. The standard InChI is InChI=1S/C8H15N3/c1-8(2,6-9)11-7-4-3-5-10-7/h3-5,10-11H,6,9H2,1-2H3. The highest BCUT2D eigenvalue weighted by Gasteiger charge is 2.14. The van der Waals surface area contributed by atoms with Crippen molar-refractivity contribution in [2.24, 2.45) is 5.73 Å². The zero-order valence-corrected chi connectivity index (χ0v) is 7.02. The molecule has 0 saturated heterocycles. The zero-order chi connectivity index (χ0) is 8.32. The lowest BCUT2D eigenvalue weighted by Crippen LogP contribution is -2.39. The molecular formula is C8H15N3. The molecule has 0 aliphatic rings.